The maximum Gasteiger partial charge on any atom is 0.573 e. The Morgan fingerprint density at radius 3 is 2.52 bits per heavy atom. The van der Waals surface area contributed by atoms with Crippen LogP contribution in [0, 0.1) is 0 Å². The monoisotopic (exact) mass is 363 g/mol. The SMILES string of the molecule is NNc1cc(Nc2ccc(Br)cc2OC(F)(F)F)ncn1. The van der Waals surface area contributed by atoms with E-state index in [1.165, 1.54) is 24.5 Å². The second-order valence-corrected chi connectivity index (χ2v) is 4.66. The summed E-state index contributed by atoms with van der Waals surface area (Å²) >= 11 is 3.08. The lowest BCUT2D eigenvalue weighted by atomic mass is 10.3. The van der Waals surface area contributed by atoms with Crippen LogP contribution in [0.5, 0.6) is 5.75 Å². The van der Waals surface area contributed by atoms with Gasteiger partial charge in [-0.3, -0.25) is 0 Å². The molecule has 0 aliphatic heterocycles. The molecule has 1 aromatic heterocycles. The smallest absolute Gasteiger partial charge is 0.404 e. The van der Waals surface area contributed by atoms with Crippen molar-refractivity contribution in [2.24, 2.45) is 5.84 Å². The predicted molar refractivity (Wildman–Crippen MR) is 73.9 cm³/mol. The molecule has 0 bridgehead atoms. The van der Waals surface area contributed by atoms with Gasteiger partial charge in [-0.15, -0.1) is 13.2 Å². The molecule has 6 nitrogen and oxygen atoms in total. The van der Waals surface area contributed by atoms with E-state index in [0.717, 1.165) is 0 Å². The van der Waals surface area contributed by atoms with Gasteiger partial charge in [0.1, 0.15) is 18.0 Å². The number of halogens is 4. The Labute approximate surface area is 125 Å². The lowest BCUT2D eigenvalue weighted by Gasteiger charge is -2.14. The Hall–Kier alpha value is -2.07. The van der Waals surface area contributed by atoms with Gasteiger partial charge in [-0.2, -0.15) is 0 Å². The molecule has 21 heavy (non-hydrogen) atoms. The van der Waals surface area contributed by atoms with E-state index < -0.39 is 12.1 Å². The molecule has 10 heteroatoms. The van der Waals surface area contributed by atoms with E-state index in [9.17, 15) is 13.2 Å². The van der Waals surface area contributed by atoms with Crippen LogP contribution in [0.2, 0.25) is 0 Å². The molecule has 4 N–H and O–H groups in total. The van der Waals surface area contributed by atoms with E-state index in [1.807, 2.05) is 0 Å². The van der Waals surface area contributed by atoms with Gasteiger partial charge in [0.05, 0.1) is 5.69 Å². The van der Waals surface area contributed by atoms with Gasteiger partial charge < -0.3 is 15.5 Å². The molecule has 0 amide bonds. The van der Waals surface area contributed by atoms with Crippen molar-refractivity contribution in [2.75, 3.05) is 10.7 Å². The molecule has 0 saturated carbocycles. The van der Waals surface area contributed by atoms with Crippen LogP contribution in [0.3, 0.4) is 0 Å². The fourth-order valence-corrected chi connectivity index (χ4v) is 1.79. The number of hydrazine groups is 1. The van der Waals surface area contributed by atoms with Gasteiger partial charge >= 0.3 is 6.36 Å². The molecule has 0 radical (unpaired) electrons. The molecular formula is C11H9BrF3N5O. The Morgan fingerprint density at radius 1 is 1.14 bits per heavy atom. The van der Waals surface area contributed by atoms with E-state index in [1.54, 1.807) is 6.07 Å². The number of nitrogens with zero attached hydrogens (tertiary/aromatic N) is 2. The van der Waals surface area contributed by atoms with Gasteiger partial charge in [-0.25, -0.2) is 15.8 Å². The Morgan fingerprint density at radius 2 is 1.86 bits per heavy atom. The van der Waals surface area contributed by atoms with Crippen LogP contribution in [-0.4, -0.2) is 16.3 Å². The van der Waals surface area contributed by atoms with Crippen molar-refractivity contribution in [3.05, 3.63) is 35.1 Å². The van der Waals surface area contributed by atoms with Crippen molar-refractivity contribution < 1.29 is 17.9 Å². The van der Waals surface area contributed by atoms with Crippen molar-refractivity contribution in [3.63, 3.8) is 0 Å². The number of anilines is 3. The number of nitrogen functional groups attached to an aromatic ring is 1. The summed E-state index contributed by atoms with van der Waals surface area (Å²) in [6.07, 6.45) is -3.59. The molecule has 2 rings (SSSR count). The first-order valence-electron chi connectivity index (χ1n) is 5.48. The number of nitrogens with two attached hydrogens (primary N) is 1. The highest BCUT2D eigenvalue weighted by atomic mass is 79.9. The van der Waals surface area contributed by atoms with Crippen molar-refractivity contribution in [2.45, 2.75) is 6.36 Å². The summed E-state index contributed by atoms with van der Waals surface area (Å²) in [5, 5.41) is 2.70. The van der Waals surface area contributed by atoms with E-state index >= 15 is 0 Å². The fourth-order valence-electron chi connectivity index (χ4n) is 1.45. The fraction of sp³-hybridized carbons (Fsp3) is 0.0909. The Balaban J connectivity index is 2.30. The van der Waals surface area contributed by atoms with Crippen LogP contribution >= 0.6 is 15.9 Å². The van der Waals surface area contributed by atoms with Crippen molar-refractivity contribution in [3.8, 4) is 5.75 Å². The zero-order valence-electron chi connectivity index (χ0n) is 10.3. The minimum Gasteiger partial charge on any atom is -0.404 e. The second-order valence-electron chi connectivity index (χ2n) is 3.75. The summed E-state index contributed by atoms with van der Waals surface area (Å²) < 4.78 is 41.6. The molecule has 1 aromatic carbocycles. The molecule has 2 aromatic rings. The lowest BCUT2D eigenvalue weighted by Crippen LogP contribution is -2.18. The average molecular weight is 364 g/mol. The molecule has 0 atom stereocenters. The molecule has 1 heterocycles. The van der Waals surface area contributed by atoms with Gasteiger partial charge in [0.15, 0.2) is 5.75 Å². The first-order chi connectivity index (χ1) is 9.87. The third kappa shape index (κ3) is 4.46. The van der Waals surface area contributed by atoms with Gasteiger partial charge in [0.25, 0.3) is 0 Å². The maximum atomic E-state index is 12.4. The topological polar surface area (TPSA) is 85.1 Å². The number of hydrogen-bond acceptors (Lipinski definition) is 6. The average Bonchev–Trinajstić information content (AvgIpc) is 2.40. The van der Waals surface area contributed by atoms with Crippen LogP contribution in [0.15, 0.2) is 35.1 Å². The number of alkyl halides is 3. The quantitative estimate of drug-likeness (QED) is 0.571. The van der Waals surface area contributed by atoms with Crippen molar-refractivity contribution >= 4 is 33.3 Å². The normalized spacial score (nSPS) is 11.1. The molecule has 0 fully saturated rings. The molecule has 0 aliphatic rings. The third-order valence-corrected chi connectivity index (χ3v) is 2.74. The molecular weight excluding hydrogens is 355 g/mol. The summed E-state index contributed by atoms with van der Waals surface area (Å²) in [7, 11) is 0. The van der Waals surface area contributed by atoms with E-state index in [2.05, 4.69) is 41.4 Å². The zero-order valence-corrected chi connectivity index (χ0v) is 11.9. The second kappa shape index (κ2) is 6.14. The number of benzene rings is 1. The standard InChI is InChI=1S/C11H9BrF3N5O/c12-6-1-2-7(8(3-6)21-11(13,14)15)19-9-4-10(20-16)18-5-17-9/h1-5H,16H2,(H2,17,18,19,20). The molecule has 0 unspecified atom stereocenters. The number of ether oxygens (including phenoxy) is 1. The van der Waals surface area contributed by atoms with Crippen LogP contribution in [-0.2, 0) is 0 Å². The van der Waals surface area contributed by atoms with Crippen LogP contribution in [0.25, 0.3) is 0 Å². The van der Waals surface area contributed by atoms with Gasteiger partial charge in [-0.05, 0) is 18.2 Å². The molecule has 0 aliphatic carbocycles. The highest BCUT2D eigenvalue weighted by molar-refractivity contribution is 9.10. The highest BCUT2D eigenvalue weighted by Gasteiger charge is 2.32. The van der Waals surface area contributed by atoms with Crippen LogP contribution < -0.4 is 21.3 Å². The van der Waals surface area contributed by atoms with Crippen LogP contribution in [0.4, 0.5) is 30.5 Å². The van der Waals surface area contributed by atoms with Gasteiger partial charge in [0, 0.05) is 10.5 Å². The first kappa shape index (κ1) is 15.3. The zero-order chi connectivity index (χ0) is 15.5. The summed E-state index contributed by atoms with van der Waals surface area (Å²) in [5.41, 5.74) is 2.40. The lowest BCUT2D eigenvalue weighted by molar-refractivity contribution is -0.274. The van der Waals surface area contributed by atoms with E-state index in [4.69, 9.17) is 5.84 Å². The van der Waals surface area contributed by atoms with Crippen molar-refractivity contribution in [1.82, 2.24) is 9.97 Å². The summed E-state index contributed by atoms with van der Waals surface area (Å²) in [6.45, 7) is 0. The number of hydrogen-bond donors (Lipinski definition) is 3. The Bertz CT molecular complexity index is 637. The highest BCUT2D eigenvalue weighted by Crippen LogP contribution is 2.34. The minimum atomic E-state index is -4.80. The van der Waals surface area contributed by atoms with Gasteiger partial charge in [0.2, 0.25) is 0 Å². The maximum absolute atomic E-state index is 12.4. The van der Waals surface area contributed by atoms with Crippen LogP contribution in [0.1, 0.15) is 0 Å². The summed E-state index contributed by atoms with van der Waals surface area (Å²) in [5.74, 6) is 5.37. The molecule has 0 saturated heterocycles. The third-order valence-electron chi connectivity index (χ3n) is 2.25. The minimum absolute atomic E-state index is 0.0946. The summed E-state index contributed by atoms with van der Waals surface area (Å²) in [4.78, 5) is 7.67. The summed E-state index contributed by atoms with van der Waals surface area (Å²) in [6, 6.07) is 5.61. The Kier molecular flexibility index (Phi) is 4.48. The number of aromatic nitrogens is 2. The number of nitrogens with one attached hydrogen (secondary N) is 2. The first-order valence-corrected chi connectivity index (χ1v) is 6.27. The largest absolute Gasteiger partial charge is 0.573 e. The van der Waals surface area contributed by atoms with E-state index in [0.29, 0.717) is 10.3 Å². The molecule has 0 spiro atoms. The van der Waals surface area contributed by atoms with Gasteiger partial charge in [-0.1, -0.05) is 15.9 Å². The van der Waals surface area contributed by atoms with Crippen molar-refractivity contribution in [1.29, 1.82) is 0 Å². The van der Waals surface area contributed by atoms with E-state index in [-0.39, 0.29) is 11.5 Å². The predicted octanol–water partition coefficient (Wildman–Crippen LogP) is 3.17. The number of rotatable bonds is 4. The molecule has 112 valence electrons.